The summed E-state index contributed by atoms with van der Waals surface area (Å²) in [7, 11) is 1.55. The second-order valence-electron chi connectivity index (χ2n) is 2.77. The zero-order valence-corrected chi connectivity index (χ0v) is 7.86. The zero-order valence-electron chi connectivity index (χ0n) is 7.86. The fraction of sp³-hybridized carbons (Fsp3) is 0.300. The number of ether oxygens (including phenoxy) is 1. The summed E-state index contributed by atoms with van der Waals surface area (Å²) in [5.74, 6) is 0.133. The summed E-state index contributed by atoms with van der Waals surface area (Å²) >= 11 is 0. The lowest BCUT2D eigenvalue weighted by molar-refractivity contribution is 0.182. The number of methoxy groups -OCH3 is 1. The second-order valence-corrected chi connectivity index (χ2v) is 2.77. The van der Waals surface area contributed by atoms with E-state index in [1.165, 1.54) is 6.08 Å². The van der Waals surface area contributed by atoms with Crippen LogP contribution in [-0.4, -0.2) is 18.3 Å². The van der Waals surface area contributed by atoms with Gasteiger partial charge in [-0.25, -0.2) is 9.79 Å². The fourth-order valence-electron chi connectivity index (χ4n) is 1.16. The highest BCUT2D eigenvalue weighted by atomic mass is 16.5. The van der Waals surface area contributed by atoms with Gasteiger partial charge >= 0.3 is 0 Å². The van der Waals surface area contributed by atoms with Gasteiger partial charge in [0.1, 0.15) is 5.75 Å². The number of aliphatic imine (C=N–C) groups is 1. The molecule has 1 aromatic carbocycles. The summed E-state index contributed by atoms with van der Waals surface area (Å²) in [5.41, 5.74) is 1.29. The predicted octanol–water partition coefficient (Wildman–Crippen LogP) is 1.37. The van der Waals surface area contributed by atoms with E-state index in [0.717, 1.165) is 0 Å². The molecule has 0 spiro atoms. The van der Waals surface area contributed by atoms with Crippen molar-refractivity contribution in [1.29, 1.82) is 0 Å². The minimum atomic E-state index is 0.133. The Balaban J connectivity index is 2.94. The van der Waals surface area contributed by atoms with Gasteiger partial charge in [-0.2, -0.15) is 0 Å². The average molecular weight is 193 g/mol. The molecule has 0 saturated heterocycles. The molecule has 14 heavy (non-hydrogen) atoms. The zero-order chi connectivity index (χ0) is 10.4. The van der Waals surface area contributed by atoms with E-state index in [0.29, 0.717) is 17.7 Å². The quantitative estimate of drug-likeness (QED) is 0.580. The molecule has 0 aliphatic rings. The molecule has 74 valence electrons. The Bertz CT molecular complexity index is 356. The van der Waals surface area contributed by atoms with Crippen LogP contribution in [0.15, 0.2) is 23.2 Å². The van der Waals surface area contributed by atoms with Crippen LogP contribution in [-0.2, 0) is 22.7 Å². The summed E-state index contributed by atoms with van der Waals surface area (Å²) in [6, 6.07) is 5.24. The summed E-state index contributed by atoms with van der Waals surface area (Å²) in [5, 5.41) is 9.68. The van der Waals surface area contributed by atoms with Gasteiger partial charge in [0.15, 0.2) is 0 Å². The molecule has 0 unspecified atom stereocenters. The number of isocyanates is 1. The standard InChI is InChI=1S/C10H11NO3/c1-14-6-9-4-2-3-8(10(9)13)5-11-7-12/h2-4,13H,5-6H2,1H3. The van der Waals surface area contributed by atoms with Crippen LogP contribution in [0.5, 0.6) is 5.75 Å². The predicted molar refractivity (Wildman–Crippen MR) is 50.6 cm³/mol. The first-order valence-electron chi connectivity index (χ1n) is 4.12. The minimum absolute atomic E-state index is 0.133. The lowest BCUT2D eigenvalue weighted by Crippen LogP contribution is -1.91. The van der Waals surface area contributed by atoms with Gasteiger partial charge < -0.3 is 9.84 Å². The van der Waals surface area contributed by atoms with Gasteiger partial charge in [-0.05, 0) is 0 Å². The van der Waals surface area contributed by atoms with Crippen molar-refractivity contribution in [3.8, 4) is 5.75 Å². The second kappa shape index (κ2) is 5.17. The lowest BCUT2D eigenvalue weighted by atomic mass is 10.1. The van der Waals surface area contributed by atoms with E-state index in [2.05, 4.69) is 4.99 Å². The number of hydrogen-bond acceptors (Lipinski definition) is 4. The van der Waals surface area contributed by atoms with E-state index in [1.54, 1.807) is 25.3 Å². The average Bonchev–Trinajstić information content (AvgIpc) is 2.20. The Hall–Kier alpha value is -1.64. The molecule has 0 saturated carbocycles. The molecule has 0 amide bonds. The third kappa shape index (κ3) is 2.42. The van der Waals surface area contributed by atoms with Gasteiger partial charge in [0, 0.05) is 18.2 Å². The van der Waals surface area contributed by atoms with Crippen molar-refractivity contribution >= 4 is 6.08 Å². The Morgan fingerprint density at radius 2 is 2.21 bits per heavy atom. The van der Waals surface area contributed by atoms with Crippen LogP contribution in [0.1, 0.15) is 11.1 Å². The van der Waals surface area contributed by atoms with Crippen LogP contribution >= 0.6 is 0 Å². The summed E-state index contributed by atoms with van der Waals surface area (Å²) in [4.78, 5) is 13.3. The third-order valence-electron chi connectivity index (χ3n) is 1.82. The number of para-hydroxylation sites is 1. The number of phenolic OH excluding ortho intramolecular Hbond substituents is 1. The first kappa shape index (κ1) is 10.4. The highest BCUT2D eigenvalue weighted by Crippen LogP contribution is 2.23. The molecular weight excluding hydrogens is 182 g/mol. The van der Waals surface area contributed by atoms with E-state index in [4.69, 9.17) is 4.74 Å². The number of rotatable bonds is 4. The smallest absolute Gasteiger partial charge is 0.235 e. The van der Waals surface area contributed by atoms with E-state index >= 15 is 0 Å². The van der Waals surface area contributed by atoms with E-state index in [1.807, 2.05) is 0 Å². The normalized spacial score (nSPS) is 9.50. The molecule has 0 heterocycles. The minimum Gasteiger partial charge on any atom is -0.507 e. The molecule has 0 aliphatic carbocycles. The van der Waals surface area contributed by atoms with E-state index in [9.17, 15) is 9.90 Å². The van der Waals surface area contributed by atoms with Gasteiger partial charge in [0.25, 0.3) is 0 Å². The molecular formula is C10H11NO3. The van der Waals surface area contributed by atoms with Crippen molar-refractivity contribution in [2.45, 2.75) is 13.2 Å². The van der Waals surface area contributed by atoms with Gasteiger partial charge in [-0.15, -0.1) is 0 Å². The van der Waals surface area contributed by atoms with Gasteiger partial charge in [-0.1, -0.05) is 18.2 Å². The third-order valence-corrected chi connectivity index (χ3v) is 1.82. The van der Waals surface area contributed by atoms with Gasteiger partial charge in [0.05, 0.1) is 13.2 Å². The number of phenols is 1. The monoisotopic (exact) mass is 193 g/mol. The Kier molecular flexibility index (Phi) is 3.85. The van der Waals surface area contributed by atoms with Gasteiger partial charge in [-0.3, -0.25) is 0 Å². The molecule has 0 radical (unpaired) electrons. The first-order valence-corrected chi connectivity index (χ1v) is 4.12. The summed E-state index contributed by atoms with van der Waals surface area (Å²) in [6.07, 6.45) is 1.43. The lowest BCUT2D eigenvalue weighted by Gasteiger charge is -2.06. The van der Waals surface area contributed by atoms with Crippen LogP contribution < -0.4 is 0 Å². The molecule has 4 nitrogen and oxygen atoms in total. The maximum Gasteiger partial charge on any atom is 0.235 e. The molecule has 0 aromatic heterocycles. The molecule has 4 heteroatoms. The maximum absolute atomic E-state index is 9.90. The highest BCUT2D eigenvalue weighted by molar-refractivity contribution is 5.41. The number of aromatic hydroxyl groups is 1. The van der Waals surface area contributed by atoms with Gasteiger partial charge in [0.2, 0.25) is 6.08 Å². The summed E-state index contributed by atoms with van der Waals surface area (Å²) in [6.45, 7) is 0.483. The van der Waals surface area contributed by atoms with Crippen molar-refractivity contribution in [2.75, 3.05) is 7.11 Å². The number of hydrogen-bond donors (Lipinski definition) is 1. The molecule has 0 bridgehead atoms. The fourth-order valence-corrected chi connectivity index (χ4v) is 1.16. The Morgan fingerprint density at radius 1 is 1.50 bits per heavy atom. The van der Waals surface area contributed by atoms with Crippen molar-refractivity contribution in [3.05, 3.63) is 29.3 Å². The van der Waals surface area contributed by atoms with Crippen LogP contribution in [0.25, 0.3) is 0 Å². The van der Waals surface area contributed by atoms with Crippen LogP contribution in [0.2, 0.25) is 0 Å². The van der Waals surface area contributed by atoms with Crippen molar-refractivity contribution < 1.29 is 14.6 Å². The number of carbonyl (C=O) groups excluding carboxylic acids is 1. The molecule has 1 N–H and O–H groups in total. The summed E-state index contributed by atoms with van der Waals surface area (Å²) < 4.78 is 4.90. The molecule has 0 aliphatic heterocycles. The van der Waals surface area contributed by atoms with E-state index in [-0.39, 0.29) is 12.3 Å². The Morgan fingerprint density at radius 3 is 2.86 bits per heavy atom. The molecule has 1 rings (SSSR count). The molecule has 0 atom stereocenters. The molecule has 0 fully saturated rings. The Labute approximate surface area is 81.9 Å². The largest absolute Gasteiger partial charge is 0.507 e. The molecule has 1 aromatic rings. The SMILES string of the molecule is COCc1cccc(CN=C=O)c1O. The van der Waals surface area contributed by atoms with Crippen LogP contribution in [0, 0.1) is 0 Å². The van der Waals surface area contributed by atoms with Crippen LogP contribution in [0.4, 0.5) is 0 Å². The first-order chi connectivity index (χ1) is 6.79. The van der Waals surface area contributed by atoms with Crippen LogP contribution in [0.3, 0.4) is 0 Å². The number of benzene rings is 1. The van der Waals surface area contributed by atoms with Crippen molar-refractivity contribution in [3.63, 3.8) is 0 Å². The number of nitrogens with zero attached hydrogens (tertiary/aromatic N) is 1. The van der Waals surface area contributed by atoms with Crippen molar-refractivity contribution in [1.82, 2.24) is 0 Å². The topological polar surface area (TPSA) is 58.9 Å². The maximum atomic E-state index is 9.90. The van der Waals surface area contributed by atoms with Crippen molar-refractivity contribution in [2.24, 2.45) is 4.99 Å². The van der Waals surface area contributed by atoms with E-state index < -0.39 is 0 Å². The highest BCUT2D eigenvalue weighted by Gasteiger charge is 2.05.